The molecular weight excluding hydrogens is 216 g/mol. The lowest BCUT2D eigenvalue weighted by Crippen LogP contribution is -2.16. The van der Waals surface area contributed by atoms with Crippen LogP contribution >= 0.6 is 0 Å². The summed E-state index contributed by atoms with van der Waals surface area (Å²) in [7, 11) is 0. The first-order valence-corrected chi connectivity index (χ1v) is 6.66. The van der Waals surface area contributed by atoms with E-state index < -0.39 is 0 Å². The lowest BCUT2D eigenvalue weighted by atomic mass is 9.89. The molecule has 1 saturated heterocycles. The van der Waals surface area contributed by atoms with E-state index in [1.54, 1.807) is 0 Å². The van der Waals surface area contributed by atoms with Crippen molar-refractivity contribution in [2.24, 2.45) is 0 Å². The maximum absolute atomic E-state index is 9.49. The van der Waals surface area contributed by atoms with Gasteiger partial charge in [-0.1, -0.05) is 19.3 Å². The molecule has 0 radical (unpaired) electrons. The molecule has 1 aliphatic heterocycles. The highest BCUT2D eigenvalue weighted by Gasteiger charge is 2.27. The average Bonchev–Trinajstić information content (AvgIpc) is 2.98. The highest BCUT2D eigenvalue weighted by Crippen LogP contribution is 2.31. The average molecular weight is 236 g/mol. The van der Waals surface area contributed by atoms with Crippen LogP contribution < -0.4 is 5.32 Å². The van der Waals surface area contributed by atoms with Gasteiger partial charge in [-0.3, -0.25) is 5.10 Å². The number of β-amino-alcohol motifs (C(OH)–C–C–N with tert-alkyl or cyclic N) is 1. The molecule has 3 rings (SSSR count). The summed E-state index contributed by atoms with van der Waals surface area (Å²) in [6.45, 7) is 0.657. The number of aliphatic hydroxyl groups excluding tert-OH is 1. The molecule has 2 unspecified atom stereocenters. The van der Waals surface area contributed by atoms with Gasteiger partial charge in [0.25, 0.3) is 0 Å². The number of nitrogens with one attached hydrogen (secondary N) is 2. The molecule has 5 heteroatoms. The fourth-order valence-corrected chi connectivity index (χ4v) is 2.91. The highest BCUT2D eigenvalue weighted by atomic mass is 16.3. The van der Waals surface area contributed by atoms with Gasteiger partial charge in [-0.25, -0.2) is 4.98 Å². The molecule has 2 heterocycles. The molecule has 1 aromatic heterocycles. The molecule has 94 valence electrons. The smallest absolute Gasteiger partial charge is 0.153 e. The van der Waals surface area contributed by atoms with Crippen LogP contribution in [0.2, 0.25) is 0 Å². The van der Waals surface area contributed by atoms with Gasteiger partial charge in [0, 0.05) is 12.5 Å². The van der Waals surface area contributed by atoms with Crippen molar-refractivity contribution >= 4 is 0 Å². The van der Waals surface area contributed by atoms with Gasteiger partial charge < -0.3 is 10.4 Å². The predicted octanol–water partition coefficient (Wildman–Crippen LogP) is 1.25. The van der Waals surface area contributed by atoms with Crippen LogP contribution in [0.1, 0.15) is 62.1 Å². The molecule has 2 aliphatic rings. The molecule has 2 fully saturated rings. The second-order valence-corrected chi connectivity index (χ2v) is 5.26. The topological polar surface area (TPSA) is 73.8 Å². The highest BCUT2D eigenvalue weighted by molar-refractivity contribution is 5.04. The Balaban J connectivity index is 1.69. The quantitative estimate of drug-likeness (QED) is 0.722. The van der Waals surface area contributed by atoms with Crippen molar-refractivity contribution < 1.29 is 5.11 Å². The van der Waals surface area contributed by atoms with Crippen molar-refractivity contribution in [3.8, 4) is 0 Å². The summed E-state index contributed by atoms with van der Waals surface area (Å²) >= 11 is 0. The maximum Gasteiger partial charge on any atom is 0.153 e. The van der Waals surface area contributed by atoms with Crippen LogP contribution in [0.3, 0.4) is 0 Å². The molecule has 0 spiro atoms. The van der Waals surface area contributed by atoms with Crippen LogP contribution in [-0.4, -0.2) is 32.9 Å². The van der Waals surface area contributed by atoms with Crippen LogP contribution in [0.15, 0.2) is 0 Å². The molecule has 5 nitrogen and oxygen atoms in total. The van der Waals surface area contributed by atoms with Gasteiger partial charge in [0.2, 0.25) is 0 Å². The van der Waals surface area contributed by atoms with Crippen molar-refractivity contribution in [2.75, 3.05) is 6.54 Å². The molecule has 1 saturated carbocycles. The van der Waals surface area contributed by atoms with Crippen molar-refractivity contribution in [3.63, 3.8) is 0 Å². The second kappa shape index (κ2) is 4.74. The van der Waals surface area contributed by atoms with Gasteiger partial charge in [0.05, 0.1) is 12.1 Å². The minimum atomic E-state index is -0.247. The number of nitrogens with zero attached hydrogens (tertiary/aromatic N) is 2. The first kappa shape index (κ1) is 11.2. The Morgan fingerprint density at radius 3 is 2.71 bits per heavy atom. The Hall–Kier alpha value is -0.940. The van der Waals surface area contributed by atoms with Gasteiger partial charge in [0.1, 0.15) is 5.82 Å². The first-order valence-electron chi connectivity index (χ1n) is 6.66. The maximum atomic E-state index is 9.49. The van der Waals surface area contributed by atoms with Crippen LogP contribution in [0.25, 0.3) is 0 Å². The van der Waals surface area contributed by atoms with E-state index in [-0.39, 0.29) is 12.1 Å². The summed E-state index contributed by atoms with van der Waals surface area (Å²) in [5.41, 5.74) is 0. The Morgan fingerprint density at radius 2 is 2.00 bits per heavy atom. The summed E-state index contributed by atoms with van der Waals surface area (Å²) in [6, 6.07) is 0.148. The van der Waals surface area contributed by atoms with E-state index in [9.17, 15) is 5.11 Å². The van der Waals surface area contributed by atoms with E-state index in [1.165, 1.54) is 32.1 Å². The zero-order valence-corrected chi connectivity index (χ0v) is 10.0. The Morgan fingerprint density at radius 1 is 1.18 bits per heavy atom. The van der Waals surface area contributed by atoms with Gasteiger partial charge in [-0.05, 0) is 19.3 Å². The molecule has 1 aromatic rings. The number of hydrogen-bond acceptors (Lipinski definition) is 4. The minimum absolute atomic E-state index is 0.148. The normalized spacial score (nSPS) is 30.9. The van der Waals surface area contributed by atoms with Crippen LogP contribution in [0, 0.1) is 0 Å². The number of aliphatic hydroxyl groups is 1. The zero-order valence-electron chi connectivity index (χ0n) is 10.0. The van der Waals surface area contributed by atoms with Crippen LogP contribution in [-0.2, 0) is 0 Å². The number of aromatic amines is 1. The molecule has 0 amide bonds. The van der Waals surface area contributed by atoms with E-state index in [0.717, 1.165) is 18.1 Å². The fourth-order valence-electron chi connectivity index (χ4n) is 2.91. The summed E-state index contributed by atoms with van der Waals surface area (Å²) in [6.07, 6.45) is 6.88. The number of aromatic nitrogens is 3. The van der Waals surface area contributed by atoms with Gasteiger partial charge in [0.15, 0.2) is 5.82 Å². The van der Waals surface area contributed by atoms with E-state index in [4.69, 9.17) is 0 Å². The van der Waals surface area contributed by atoms with Crippen LogP contribution in [0.5, 0.6) is 0 Å². The van der Waals surface area contributed by atoms with E-state index in [2.05, 4.69) is 20.5 Å². The molecular formula is C12H20N4O. The number of H-pyrrole nitrogens is 1. The predicted molar refractivity (Wildman–Crippen MR) is 63.6 cm³/mol. The summed E-state index contributed by atoms with van der Waals surface area (Å²) < 4.78 is 0. The van der Waals surface area contributed by atoms with E-state index in [0.29, 0.717) is 12.5 Å². The molecule has 1 aliphatic carbocycles. The third-order valence-corrected chi connectivity index (χ3v) is 3.93. The molecule has 2 atom stereocenters. The third-order valence-electron chi connectivity index (χ3n) is 3.93. The van der Waals surface area contributed by atoms with Gasteiger partial charge in [-0.15, -0.1) is 0 Å². The standard InChI is InChI=1S/C12H20N4O/c17-9-6-10(13-7-9)12-14-11(15-16-12)8-4-2-1-3-5-8/h8-10,13,17H,1-7H2,(H,14,15,16). The van der Waals surface area contributed by atoms with Crippen LogP contribution in [0.4, 0.5) is 0 Å². The van der Waals surface area contributed by atoms with Crippen molar-refractivity contribution in [2.45, 2.75) is 56.6 Å². The second-order valence-electron chi connectivity index (χ2n) is 5.26. The van der Waals surface area contributed by atoms with Gasteiger partial charge >= 0.3 is 0 Å². The number of hydrogen-bond donors (Lipinski definition) is 3. The molecule has 17 heavy (non-hydrogen) atoms. The lowest BCUT2D eigenvalue weighted by Gasteiger charge is -2.18. The Kier molecular flexibility index (Phi) is 3.11. The Labute approximate surface area is 101 Å². The largest absolute Gasteiger partial charge is 0.392 e. The van der Waals surface area contributed by atoms with Crippen molar-refractivity contribution in [3.05, 3.63) is 11.6 Å². The summed E-state index contributed by atoms with van der Waals surface area (Å²) in [5.74, 6) is 2.41. The van der Waals surface area contributed by atoms with Gasteiger partial charge in [-0.2, -0.15) is 5.10 Å². The molecule has 3 N–H and O–H groups in total. The molecule has 0 bridgehead atoms. The zero-order chi connectivity index (χ0) is 11.7. The Bertz CT molecular complexity index is 353. The third kappa shape index (κ3) is 2.35. The van der Waals surface area contributed by atoms with E-state index in [1.807, 2.05) is 0 Å². The SMILES string of the molecule is OC1CNC(c2nc(C3CCCCC3)n[nH]2)C1. The van der Waals surface area contributed by atoms with Crippen molar-refractivity contribution in [1.82, 2.24) is 20.5 Å². The minimum Gasteiger partial charge on any atom is -0.392 e. The fraction of sp³-hybridized carbons (Fsp3) is 0.833. The van der Waals surface area contributed by atoms with E-state index >= 15 is 0 Å². The summed E-state index contributed by atoms with van der Waals surface area (Å²) in [4.78, 5) is 4.61. The van der Waals surface area contributed by atoms with Crippen molar-refractivity contribution in [1.29, 1.82) is 0 Å². The monoisotopic (exact) mass is 236 g/mol. The lowest BCUT2D eigenvalue weighted by molar-refractivity contribution is 0.193. The summed E-state index contributed by atoms with van der Waals surface area (Å²) in [5, 5.41) is 20.1. The first-order chi connectivity index (χ1) is 8.33. The molecule has 0 aromatic carbocycles. The number of rotatable bonds is 2.